The highest BCUT2D eigenvalue weighted by Gasteiger charge is 1.99. The molecule has 0 bridgehead atoms. The van der Waals surface area contributed by atoms with Crippen LogP contribution in [0.25, 0.3) is 0 Å². The molecule has 0 atom stereocenters. The van der Waals surface area contributed by atoms with Crippen LogP contribution in [0.4, 0.5) is 0 Å². The van der Waals surface area contributed by atoms with Crippen molar-refractivity contribution in [1.29, 1.82) is 0 Å². The zero-order chi connectivity index (χ0) is 11.6. The third kappa shape index (κ3) is 22.4. The zero-order valence-electron chi connectivity index (χ0n) is 8.15. The van der Waals surface area contributed by atoms with Crippen molar-refractivity contribution >= 4 is 17.9 Å². The minimum absolute atomic E-state index is 0.0632. The number of hydrogen-bond donors (Lipinski definition) is 2. The van der Waals surface area contributed by atoms with Gasteiger partial charge in [0.05, 0.1) is 7.11 Å². The van der Waals surface area contributed by atoms with Crippen molar-refractivity contribution in [1.82, 2.24) is 0 Å². The third-order valence-corrected chi connectivity index (χ3v) is 1.07. The minimum atomic E-state index is -0.948. The monoisotopic (exact) mass is 206 g/mol. The smallest absolute Gasteiger partial charge is 0.303 e. The highest BCUT2D eigenvalue weighted by atomic mass is 16.5. The van der Waals surface area contributed by atoms with E-state index in [9.17, 15) is 14.4 Å². The molecule has 0 saturated carbocycles. The molecule has 0 aliphatic rings. The highest BCUT2D eigenvalue weighted by molar-refractivity contribution is 5.69. The van der Waals surface area contributed by atoms with Crippen LogP contribution in [0.15, 0.2) is 0 Å². The van der Waals surface area contributed by atoms with Gasteiger partial charge in [-0.3, -0.25) is 14.4 Å². The molecule has 0 fully saturated rings. The summed E-state index contributed by atoms with van der Waals surface area (Å²) in [6.45, 7) is 1.36. The molecule has 0 aromatic rings. The normalized spacial score (nSPS) is 8.14. The molecule has 0 amide bonds. The van der Waals surface area contributed by atoms with Crippen molar-refractivity contribution in [2.24, 2.45) is 0 Å². The topological polar surface area (TPSA) is 101 Å². The Morgan fingerprint density at radius 2 is 1.36 bits per heavy atom. The summed E-state index contributed by atoms with van der Waals surface area (Å²) in [7, 11) is 1.35. The van der Waals surface area contributed by atoms with Gasteiger partial charge in [0.15, 0.2) is 0 Å². The average molecular weight is 206 g/mol. The maximum absolute atomic E-state index is 9.79. The van der Waals surface area contributed by atoms with Gasteiger partial charge in [-0.25, -0.2) is 0 Å². The molecule has 0 rings (SSSR count). The molecule has 6 heteroatoms. The van der Waals surface area contributed by atoms with Crippen LogP contribution in [-0.2, 0) is 19.1 Å². The lowest BCUT2D eigenvalue weighted by Gasteiger charge is -1.89. The van der Waals surface area contributed by atoms with Gasteiger partial charge in [-0.15, -0.1) is 0 Å². The molecular weight excluding hydrogens is 192 g/mol. The van der Waals surface area contributed by atoms with Crippen molar-refractivity contribution in [3.8, 4) is 0 Å². The van der Waals surface area contributed by atoms with Crippen molar-refractivity contribution < 1.29 is 29.3 Å². The molecule has 0 spiro atoms. The molecule has 0 aromatic carbocycles. The average Bonchev–Trinajstić information content (AvgIpc) is 2.04. The van der Waals surface area contributed by atoms with Crippen LogP contribution in [0, 0.1) is 0 Å². The van der Waals surface area contributed by atoms with Crippen LogP contribution in [0.5, 0.6) is 0 Å². The second kappa shape index (κ2) is 9.50. The van der Waals surface area contributed by atoms with Gasteiger partial charge in [-0.05, 0) is 6.42 Å². The molecule has 6 nitrogen and oxygen atoms in total. The van der Waals surface area contributed by atoms with E-state index in [0.717, 1.165) is 0 Å². The van der Waals surface area contributed by atoms with Crippen LogP contribution < -0.4 is 0 Å². The van der Waals surface area contributed by atoms with E-state index in [0.29, 0.717) is 0 Å². The molecule has 0 unspecified atom stereocenters. The standard InChI is InChI=1S/C5H8O4.C3H6O2/c6-4(7)2-1-3-5(8)9;1-3(4)5-2/h1-3H2,(H,6,7)(H,8,9);1-2H3. The van der Waals surface area contributed by atoms with Gasteiger partial charge in [0.25, 0.3) is 0 Å². The molecular formula is C8H14O6. The number of carbonyl (C=O) groups is 3. The van der Waals surface area contributed by atoms with Gasteiger partial charge in [-0.1, -0.05) is 0 Å². The zero-order valence-corrected chi connectivity index (χ0v) is 8.15. The Balaban J connectivity index is 0. The Bertz CT molecular complexity index is 184. The lowest BCUT2D eigenvalue weighted by atomic mass is 10.2. The number of esters is 1. The van der Waals surface area contributed by atoms with Gasteiger partial charge in [0.2, 0.25) is 0 Å². The molecule has 82 valence electrons. The number of methoxy groups -OCH3 is 1. The minimum Gasteiger partial charge on any atom is -0.481 e. The molecule has 0 saturated heterocycles. The molecule has 0 aliphatic heterocycles. The number of carboxylic acids is 2. The molecule has 0 radical (unpaired) electrons. The van der Waals surface area contributed by atoms with E-state index in [1.165, 1.54) is 14.0 Å². The number of carboxylic acid groups (broad SMARTS) is 2. The highest BCUT2D eigenvalue weighted by Crippen LogP contribution is 1.93. The Morgan fingerprint density at radius 1 is 1.07 bits per heavy atom. The first-order valence-electron chi connectivity index (χ1n) is 3.88. The molecule has 0 aliphatic carbocycles. The number of ether oxygens (including phenoxy) is 1. The van der Waals surface area contributed by atoms with E-state index in [-0.39, 0.29) is 25.2 Å². The first kappa shape index (κ1) is 14.9. The van der Waals surface area contributed by atoms with Crippen LogP contribution in [0.1, 0.15) is 26.2 Å². The second-order valence-electron chi connectivity index (χ2n) is 2.34. The van der Waals surface area contributed by atoms with E-state index in [1.54, 1.807) is 0 Å². The maximum Gasteiger partial charge on any atom is 0.303 e. The van der Waals surface area contributed by atoms with E-state index in [2.05, 4.69) is 4.74 Å². The van der Waals surface area contributed by atoms with E-state index in [1.807, 2.05) is 0 Å². The summed E-state index contributed by atoms with van der Waals surface area (Å²) >= 11 is 0. The Labute approximate surface area is 81.5 Å². The molecule has 0 aromatic heterocycles. The predicted octanol–water partition coefficient (Wildman–Crippen LogP) is 0.505. The molecule has 2 N–H and O–H groups in total. The first-order valence-corrected chi connectivity index (χ1v) is 3.88. The Morgan fingerprint density at radius 3 is 1.50 bits per heavy atom. The summed E-state index contributed by atoms with van der Waals surface area (Å²) in [6.07, 6.45) is 0.0866. The first-order chi connectivity index (χ1) is 6.40. The third-order valence-electron chi connectivity index (χ3n) is 1.07. The van der Waals surface area contributed by atoms with Gasteiger partial charge < -0.3 is 14.9 Å². The summed E-state index contributed by atoms with van der Waals surface area (Å²) in [5, 5.41) is 16.1. The summed E-state index contributed by atoms with van der Waals surface area (Å²) in [4.78, 5) is 29.2. The lowest BCUT2D eigenvalue weighted by molar-refractivity contribution is -0.139. The fourth-order valence-electron chi connectivity index (χ4n) is 0.391. The molecule has 14 heavy (non-hydrogen) atoms. The summed E-state index contributed by atoms with van der Waals surface area (Å²) in [6, 6.07) is 0. The Kier molecular flexibility index (Phi) is 10.1. The van der Waals surface area contributed by atoms with E-state index < -0.39 is 11.9 Å². The number of carbonyl (C=O) groups excluding carboxylic acids is 1. The van der Waals surface area contributed by atoms with Gasteiger partial charge >= 0.3 is 17.9 Å². The number of hydrogen-bond acceptors (Lipinski definition) is 4. The van der Waals surface area contributed by atoms with Crippen molar-refractivity contribution in [2.45, 2.75) is 26.2 Å². The fraction of sp³-hybridized carbons (Fsp3) is 0.625. The number of aliphatic carboxylic acids is 2. The van der Waals surface area contributed by atoms with Crippen molar-refractivity contribution in [3.05, 3.63) is 0 Å². The van der Waals surface area contributed by atoms with Crippen molar-refractivity contribution in [3.63, 3.8) is 0 Å². The molecule has 0 heterocycles. The summed E-state index contributed by atoms with van der Waals surface area (Å²) in [5.74, 6) is -2.14. The maximum atomic E-state index is 9.79. The van der Waals surface area contributed by atoms with E-state index in [4.69, 9.17) is 10.2 Å². The summed E-state index contributed by atoms with van der Waals surface area (Å²) in [5.41, 5.74) is 0. The van der Waals surface area contributed by atoms with Crippen LogP contribution in [-0.4, -0.2) is 35.2 Å². The van der Waals surface area contributed by atoms with Crippen LogP contribution >= 0.6 is 0 Å². The quantitative estimate of drug-likeness (QED) is 0.649. The Hall–Kier alpha value is -1.59. The SMILES string of the molecule is COC(C)=O.O=C(O)CCCC(=O)O. The van der Waals surface area contributed by atoms with Gasteiger partial charge in [0.1, 0.15) is 0 Å². The van der Waals surface area contributed by atoms with E-state index >= 15 is 0 Å². The largest absolute Gasteiger partial charge is 0.481 e. The van der Waals surface area contributed by atoms with Crippen LogP contribution in [0.2, 0.25) is 0 Å². The van der Waals surface area contributed by atoms with Crippen LogP contribution in [0.3, 0.4) is 0 Å². The van der Waals surface area contributed by atoms with Gasteiger partial charge in [-0.2, -0.15) is 0 Å². The summed E-state index contributed by atoms with van der Waals surface area (Å²) < 4.78 is 4.11. The number of rotatable bonds is 4. The second-order valence-corrected chi connectivity index (χ2v) is 2.34. The lowest BCUT2D eigenvalue weighted by Crippen LogP contribution is -1.98. The van der Waals surface area contributed by atoms with Crippen molar-refractivity contribution in [2.75, 3.05) is 7.11 Å². The fourth-order valence-corrected chi connectivity index (χ4v) is 0.391. The predicted molar refractivity (Wildman–Crippen MR) is 46.8 cm³/mol. The van der Waals surface area contributed by atoms with Gasteiger partial charge in [0, 0.05) is 19.8 Å².